The molecule has 0 bridgehead atoms. The Morgan fingerprint density at radius 1 is 1.30 bits per heavy atom. The summed E-state index contributed by atoms with van der Waals surface area (Å²) in [6.45, 7) is 5.01. The Morgan fingerprint density at radius 3 is 2.57 bits per heavy atom. The molecule has 1 saturated heterocycles. The molecule has 2 atom stereocenters. The van der Waals surface area contributed by atoms with E-state index in [4.69, 9.17) is 4.74 Å². The molecule has 1 heterocycles. The van der Waals surface area contributed by atoms with Gasteiger partial charge in [0.25, 0.3) is 0 Å². The van der Waals surface area contributed by atoms with Gasteiger partial charge < -0.3 is 9.64 Å². The molecule has 0 aromatic heterocycles. The molecule has 1 aromatic carbocycles. The van der Waals surface area contributed by atoms with Crippen LogP contribution in [-0.4, -0.2) is 51.6 Å². The third kappa shape index (κ3) is 4.40. The first-order valence-corrected chi connectivity index (χ1v) is 8.95. The molecule has 0 aliphatic carbocycles. The summed E-state index contributed by atoms with van der Waals surface area (Å²) in [6, 6.07) is 6.40. The van der Waals surface area contributed by atoms with E-state index in [0.29, 0.717) is 13.2 Å². The first-order chi connectivity index (χ1) is 10.8. The third-order valence-electron chi connectivity index (χ3n) is 3.77. The Bertz CT molecular complexity index is 683. The van der Waals surface area contributed by atoms with Crippen molar-refractivity contribution in [1.82, 2.24) is 9.62 Å². The van der Waals surface area contributed by atoms with Crippen LogP contribution in [0.5, 0.6) is 0 Å². The molecule has 2 rings (SSSR count). The summed E-state index contributed by atoms with van der Waals surface area (Å²) < 4.78 is 31.1. The molecule has 1 aromatic rings. The zero-order valence-electron chi connectivity index (χ0n) is 13.5. The highest BCUT2D eigenvalue weighted by Crippen LogP contribution is 2.14. The van der Waals surface area contributed by atoms with Gasteiger partial charge in [0.05, 0.1) is 23.6 Å². The molecule has 1 N–H and O–H groups in total. The second-order valence-electron chi connectivity index (χ2n) is 5.59. The van der Waals surface area contributed by atoms with Crippen LogP contribution in [0.3, 0.4) is 0 Å². The van der Waals surface area contributed by atoms with Crippen LogP contribution in [0, 0.1) is 0 Å². The van der Waals surface area contributed by atoms with E-state index in [2.05, 4.69) is 4.72 Å². The van der Waals surface area contributed by atoms with Crippen molar-refractivity contribution in [3.05, 3.63) is 35.9 Å². The summed E-state index contributed by atoms with van der Waals surface area (Å²) >= 11 is 0. The van der Waals surface area contributed by atoms with E-state index in [1.54, 1.807) is 23.1 Å². The lowest BCUT2D eigenvalue weighted by Gasteiger charge is -2.36. The van der Waals surface area contributed by atoms with Gasteiger partial charge in [-0.1, -0.05) is 12.1 Å². The van der Waals surface area contributed by atoms with Crippen LogP contribution in [-0.2, 0) is 19.6 Å². The minimum Gasteiger partial charge on any atom is -0.375 e. The first-order valence-electron chi connectivity index (χ1n) is 7.47. The maximum atomic E-state index is 12.3. The molecule has 0 spiro atoms. The molecule has 2 unspecified atom stereocenters. The highest BCUT2D eigenvalue weighted by Gasteiger charge is 2.25. The predicted octanol–water partition coefficient (Wildman–Crippen LogP) is 1.24. The fraction of sp³-hybridized carbons (Fsp3) is 0.438. The molecule has 1 amide bonds. The molecule has 6 nitrogen and oxygen atoms in total. The summed E-state index contributed by atoms with van der Waals surface area (Å²) in [7, 11) is -2.07. The van der Waals surface area contributed by atoms with Crippen LogP contribution >= 0.6 is 0 Å². The maximum Gasteiger partial charge on any atom is 0.246 e. The number of carbonyl (C=O) groups is 1. The van der Waals surface area contributed by atoms with Gasteiger partial charge in [-0.25, -0.2) is 13.1 Å². The van der Waals surface area contributed by atoms with Gasteiger partial charge in [0.1, 0.15) is 0 Å². The number of nitrogens with one attached hydrogen (secondary N) is 1. The molecule has 7 heteroatoms. The SMILES string of the molecule is CNS(=O)(=O)c1ccc(/C=C/C(=O)N2CC(C)OCC2C)cc1. The molecular formula is C16H22N2O4S. The fourth-order valence-electron chi connectivity index (χ4n) is 2.35. The van der Waals surface area contributed by atoms with E-state index in [-0.39, 0.29) is 22.9 Å². The number of ether oxygens (including phenoxy) is 1. The van der Waals surface area contributed by atoms with Crippen molar-refractivity contribution in [2.45, 2.75) is 30.9 Å². The van der Waals surface area contributed by atoms with Crippen molar-refractivity contribution in [3.63, 3.8) is 0 Å². The summed E-state index contributed by atoms with van der Waals surface area (Å²) in [6.07, 6.45) is 3.23. The molecule has 1 aliphatic heterocycles. The highest BCUT2D eigenvalue weighted by molar-refractivity contribution is 7.89. The van der Waals surface area contributed by atoms with Crippen LogP contribution in [0.2, 0.25) is 0 Å². The average Bonchev–Trinajstić information content (AvgIpc) is 2.55. The number of benzene rings is 1. The molecule has 1 aliphatic rings. The number of carbonyl (C=O) groups excluding carboxylic acids is 1. The normalized spacial score (nSPS) is 22.5. The number of rotatable bonds is 4. The van der Waals surface area contributed by atoms with Crippen molar-refractivity contribution in [2.24, 2.45) is 0 Å². The van der Waals surface area contributed by atoms with Crippen molar-refractivity contribution >= 4 is 22.0 Å². The molecule has 23 heavy (non-hydrogen) atoms. The van der Waals surface area contributed by atoms with Gasteiger partial charge in [0, 0.05) is 12.6 Å². The summed E-state index contributed by atoms with van der Waals surface area (Å²) in [5.74, 6) is -0.0698. The van der Waals surface area contributed by atoms with Crippen molar-refractivity contribution in [2.75, 3.05) is 20.2 Å². The van der Waals surface area contributed by atoms with Gasteiger partial charge in [0.2, 0.25) is 15.9 Å². The Hall–Kier alpha value is -1.70. The second kappa shape index (κ2) is 7.25. The van der Waals surface area contributed by atoms with Gasteiger partial charge in [-0.3, -0.25) is 4.79 Å². The molecule has 126 valence electrons. The maximum absolute atomic E-state index is 12.3. The Morgan fingerprint density at radius 2 is 1.96 bits per heavy atom. The van der Waals surface area contributed by atoms with Gasteiger partial charge in [0.15, 0.2) is 0 Å². The minimum absolute atomic E-state index is 0.0367. The van der Waals surface area contributed by atoms with E-state index in [0.717, 1.165) is 5.56 Å². The standard InChI is InChI=1S/C16H22N2O4S/c1-12-11-22-13(2)10-18(12)16(19)9-6-14-4-7-15(8-5-14)23(20,21)17-3/h4-9,12-13,17H,10-11H2,1-3H3/b9-6+. The number of sulfonamides is 1. The number of hydrogen-bond acceptors (Lipinski definition) is 4. The summed E-state index contributed by atoms with van der Waals surface area (Å²) in [4.78, 5) is 14.3. The monoisotopic (exact) mass is 338 g/mol. The largest absolute Gasteiger partial charge is 0.375 e. The van der Waals surface area contributed by atoms with Crippen LogP contribution in [0.15, 0.2) is 35.2 Å². The van der Waals surface area contributed by atoms with E-state index >= 15 is 0 Å². The molecule has 0 saturated carbocycles. The topological polar surface area (TPSA) is 75.7 Å². The van der Waals surface area contributed by atoms with Crippen LogP contribution < -0.4 is 4.72 Å². The van der Waals surface area contributed by atoms with Crippen molar-refractivity contribution < 1.29 is 17.9 Å². The number of nitrogens with zero attached hydrogens (tertiary/aromatic N) is 1. The van der Waals surface area contributed by atoms with Gasteiger partial charge in [-0.2, -0.15) is 0 Å². The Labute approximate surface area is 137 Å². The molecule has 0 radical (unpaired) electrons. The van der Waals surface area contributed by atoms with Gasteiger partial charge in [-0.15, -0.1) is 0 Å². The van der Waals surface area contributed by atoms with E-state index < -0.39 is 10.0 Å². The Balaban J connectivity index is 2.06. The molecular weight excluding hydrogens is 316 g/mol. The van der Waals surface area contributed by atoms with Crippen LogP contribution in [0.4, 0.5) is 0 Å². The van der Waals surface area contributed by atoms with Gasteiger partial charge in [-0.05, 0) is 44.7 Å². The minimum atomic E-state index is -3.44. The van der Waals surface area contributed by atoms with Crippen LogP contribution in [0.25, 0.3) is 6.08 Å². The third-order valence-corrected chi connectivity index (χ3v) is 5.20. The highest BCUT2D eigenvalue weighted by atomic mass is 32.2. The number of morpholine rings is 1. The van der Waals surface area contributed by atoms with E-state index in [1.807, 2.05) is 13.8 Å². The number of hydrogen-bond donors (Lipinski definition) is 1. The zero-order valence-corrected chi connectivity index (χ0v) is 14.3. The molecule has 1 fully saturated rings. The summed E-state index contributed by atoms with van der Waals surface area (Å²) in [5.41, 5.74) is 0.766. The fourth-order valence-corrected chi connectivity index (χ4v) is 3.08. The average molecular weight is 338 g/mol. The summed E-state index contributed by atoms with van der Waals surface area (Å²) in [5, 5.41) is 0. The Kier molecular flexibility index (Phi) is 5.56. The zero-order chi connectivity index (χ0) is 17.0. The van der Waals surface area contributed by atoms with Crippen molar-refractivity contribution in [3.8, 4) is 0 Å². The second-order valence-corrected chi connectivity index (χ2v) is 7.48. The predicted molar refractivity (Wildman–Crippen MR) is 88.3 cm³/mol. The van der Waals surface area contributed by atoms with Gasteiger partial charge >= 0.3 is 0 Å². The lowest BCUT2D eigenvalue weighted by atomic mass is 10.1. The first kappa shape index (κ1) is 17.7. The lowest BCUT2D eigenvalue weighted by Crippen LogP contribution is -2.49. The lowest BCUT2D eigenvalue weighted by molar-refractivity contribution is -0.137. The number of amides is 1. The van der Waals surface area contributed by atoms with Crippen molar-refractivity contribution in [1.29, 1.82) is 0 Å². The smallest absolute Gasteiger partial charge is 0.246 e. The van der Waals surface area contributed by atoms with E-state index in [1.165, 1.54) is 25.3 Å². The van der Waals surface area contributed by atoms with Crippen LogP contribution in [0.1, 0.15) is 19.4 Å². The quantitative estimate of drug-likeness (QED) is 0.838. The van der Waals surface area contributed by atoms with E-state index in [9.17, 15) is 13.2 Å².